The van der Waals surface area contributed by atoms with Crippen molar-refractivity contribution >= 4 is 21.7 Å². The number of halogens is 1. The molecule has 0 spiro atoms. The van der Waals surface area contributed by atoms with E-state index in [1.54, 1.807) is 18.3 Å². The van der Waals surface area contributed by atoms with Crippen molar-refractivity contribution in [3.05, 3.63) is 34.8 Å². The quantitative estimate of drug-likeness (QED) is 0.914. The van der Waals surface area contributed by atoms with E-state index in [1.165, 1.54) is 6.20 Å². The van der Waals surface area contributed by atoms with Gasteiger partial charge in [0.25, 0.3) is 5.88 Å². The highest BCUT2D eigenvalue weighted by Crippen LogP contribution is 2.26. The van der Waals surface area contributed by atoms with E-state index in [4.69, 9.17) is 10.5 Å². The summed E-state index contributed by atoms with van der Waals surface area (Å²) in [6, 6.07) is 3.58. The van der Waals surface area contributed by atoms with Gasteiger partial charge in [0.15, 0.2) is 11.6 Å². The lowest BCUT2D eigenvalue weighted by molar-refractivity contribution is 0.456. The van der Waals surface area contributed by atoms with Gasteiger partial charge in [-0.05, 0) is 35.0 Å². The molecule has 2 N–H and O–H groups in total. The minimum atomic E-state index is 0.242. The number of aryl methyl sites for hydroxylation is 1. The van der Waals surface area contributed by atoms with Gasteiger partial charge in [0.05, 0.1) is 11.9 Å². The summed E-state index contributed by atoms with van der Waals surface area (Å²) in [7, 11) is 0. The third-order valence-corrected chi connectivity index (χ3v) is 2.28. The Hall–Kier alpha value is -1.69. The van der Waals surface area contributed by atoms with Crippen LogP contribution in [0.3, 0.4) is 0 Å². The molecule has 82 valence electrons. The zero-order valence-electron chi connectivity index (χ0n) is 8.51. The minimum absolute atomic E-state index is 0.242. The summed E-state index contributed by atoms with van der Waals surface area (Å²) in [5, 5.41) is 0. The van der Waals surface area contributed by atoms with Crippen LogP contribution in [0.25, 0.3) is 0 Å². The number of anilines is 1. The normalized spacial score (nSPS) is 10.1. The number of pyridine rings is 1. The Balaban J connectivity index is 2.34. The summed E-state index contributed by atoms with van der Waals surface area (Å²) in [6.07, 6.45) is 3.20. The van der Waals surface area contributed by atoms with Gasteiger partial charge < -0.3 is 10.5 Å². The molecule has 0 aliphatic heterocycles. The molecule has 2 aromatic rings. The van der Waals surface area contributed by atoms with Crippen LogP contribution in [0.5, 0.6) is 11.6 Å². The molecule has 2 rings (SSSR count). The first-order valence-corrected chi connectivity index (χ1v) is 5.33. The lowest BCUT2D eigenvalue weighted by Crippen LogP contribution is -1.99. The van der Waals surface area contributed by atoms with Gasteiger partial charge in [-0.15, -0.1) is 0 Å². The van der Waals surface area contributed by atoms with Crippen LogP contribution in [0, 0.1) is 6.92 Å². The van der Waals surface area contributed by atoms with Crippen LogP contribution in [-0.2, 0) is 0 Å². The van der Waals surface area contributed by atoms with Crippen molar-refractivity contribution in [2.45, 2.75) is 6.92 Å². The summed E-state index contributed by atoms with van der Waals surface area (Å²) in [5.74, 6) is 1.12. The summed E-state index contributed by atoms with van der Waals surface area (Å²) < 4.78 is 6.10. The lowest BCUT2D eigenvalue weighted by atomic mass is 10.3. The summed E-state index contributed by atoms with van der Waals surface area (Å²) in [6.45, 7) is 1.84. The standard InChI is InChI=1S/C10H9BrN4O/c1-6-7(3-2-4-13-6)16-10-9(12)14-5-8(11)15-10/h2-5H,1H3,(H2,12,14). The zero-order chi connectivity index (χ0) is 11.5. The van der Waals surface area contributed by atoms with Gasteiger partial charge in [-0.1, -0.05) is 0 Å². The summed E-state index contributed by atoms with van der Waals surface area (Å²) in [5.41, 5.74) is 6.41. The van der Waals surface area contributed by atoms with Gasteiger partial charge >= 0.3 is 0 Å². The van der Waals surface area contributed by atoms with Crippen molar-refractivity contribution in [1.29, 1.82) is 0 Å². The Morgan fingerprint density at radius 1 is 1.38 bits per heavy atom. The van der Waals surface area contributed by atoms with Gasteiger partial charge in [0.1, 0.15) is 4.60 Å². The van der Waals surface area contributed by atoms with Gasteiger partial charge in [-0.3, -0.25) is 4.98 Å². The van der Waals surface area contributed by atoms with Crippen LogP contribution < -0.4 is 10.5 Å². The molecule has 2 aromatic heterocycles. The number of nitrogen functional groups attached to an aromatic ring is 1. The van der Waals surface area contributed by atoms with E-state index in [-0.39, 0.29) is 11.7 Å². The predicted molar refractivity (Wildman–Crippen MR) is 63.2 cm³/mol. The first-order chi connectivity index (χ1) is 7.66. The number of nitrogens with two attached hydrogens (primary N) is 1. The molecule has 0 saturated carbocycles. The molecule has 0 aliphatic carbocycles. The first kappa shape index (κ1) is 10.8. The van der Waals surface area contributed by atoms with Crippen LogP contribution in [0.2, 0.25) is 0 Å². The average molecular weight is 281 g/mol. The minimum Gasteiger partial charge on any atom is -0.434 e. The SMILES string of the molecule is Cc1ncccc1Oc1nc(Br)cnc1N. The molecule has 16 heavy (non-hydrogen) atoms. The Bertz CT molecular complexity index is 518. The fraction of sp³-hybridized carbons (Fsp3) is 0.100. The fourth-order valence-electron chi connectivity index (χ4n) is 1.12. The van der Waals surface area contributed by atoms with Crippen LogP contribution in [0.15, 0.2) is 29.1 Å². The van der Waals surface area contributed by atoms with Gasteiger partial charge in [-0.2, -0.15) is 0 Å². The third kappa shape index (κ3) is 2.27. The van der Waals surface area contributed by atoms with E-state index >= 15 is 0 Å². The summed E-state index contributed by atoms with van der Waals surface area (Å²) in [4.78, 5) is 12.1. The number of rotatable bonds is 2. The number of nitrogens with zero attached hydrogens (tertiary/aromatic N) is 3. The van der Waals surface area contributed by atoms with Gasteiger partial charge in [-0.25, -0.2) is 9.97 Å². The molecule has 0 radical (unpaired) electrons. The molecule has 0 unspecified atom stereocenters. The Morgan fingerprint density at radius 2 is 2.19 bits per heavy atom. The van der Waals surface area contributed by atoms with E-state index in [0.29, 0.717) is 10.4 Å². The molecule has 0 bridgehead atoms. The topological polar surface area (TPSA) is 73.9 Å². The summed E-state index contributed by atoms with van der Waals surface area (Å²) >= 11 is 3.20. The molecule has 5 nitrogen and oxygen atoms in total. The maximum Gasteiger partial charge on any atom is 0.263 e. The van der Waals surface area contributed by atoms with Crippen molar-refractivity contribution in [3.8, 4) is 11.6 Å². The lowest BCUT2D eigenvalue weighted by Gasteiger charge is -2.08. The highest BCUT2D eigenvalue weighted by Gasteiger charge is 2.08. The van der Waals surface area contributed by atoms with Crippen molar-refractivity contribution in [2.24, 2.45) is 0 Å². The fourth-order valence-corrected chi connectivity index (χ4v) is 1.38. The average Bonchev–Trinajstić information content (AvgIpc) is 2.27. The second kappa shape index (κ2) is 4.44. The van der Waals surface area contributed by atoms with Crippen molar-refractivity contribution < 1.29 is 4.74 Å². The largest absolute Gasteiger partial charge is 0.434 e. The maximum absolute atomic E-state index is 5.65. The Morgan fingerprint density at radius 3 is 2.94 bits per heavy atom. The highest BCUT2D eigenvalue weighted by atomic mass is 79.9. The molecule has 0 saturated heterocycles. The molecule has 0 atom stereocenters. The monoisotopic (exact) mass is 280 g/mol. The molecular weight excluding hydrogens is 272 g/mol. The molecule has 0 amide bonds. The predicted octanol–water partition coefficient (Wildman–Crippen LogP) is 2.32. The van der Waals surface area contributed by atoms with E-state index in [1.807, 2.05) is 6.92 Å². The number of ether oxygens (including phenoxy) is 1. The van der Waals surface area contributed by atoms with Crippen LogP contribution in [-0.4, -0.2) is 15.0 Å². The van der Waals surface area contributed by atoms with E-state index in [9.17, 15) is 0 Å². The molecule has 6 heteroatoms. The number of hydrogen-bond donors (Lipinski definition) is 1. The Labute approximate surface area is 101 Å². The van der Waals surface area contributed by atoms with Crippen molar-refractivity contribution in [2.75, 3.05) is 5.73 Å². The third-order valence-electron chi connectivity index (χ3n) is 1.90. The van der Waals surface area contributed by atoms with Crippen molar-refractivity contribution in [3.63, 3.8) is 0 Å². The van der Waals surface area contributed by atoms with Gasteiger partial charge in [0.2, 0.25) is 0 Å². The van der Waals surface area contributed by atoms with Crippen LogP contribution in [0.1, 0.15) is 5.69 Å². The van der Waals surface area contributed by atoms with E-state index in [0.717, 1.165) is 5.69 Å². The zero-order valence-corrected chi connectivity index (χ0v) is 10.1. The molecule has 0 aliphatic rings. The van der Waals surface area contributed by atoms with E-state index < -0.39 is 0 Å². The molecule has 0 aromatic carbocycles. The van der Waals surface area contributed by atoms with Crippen molar-refractivity contribution in [1.82, 2.24) is 15.0 Å². The van der Waals surface area contributed by atoms with Gasteiger partial charge in [0, 0.05) is 6.20 Å². The smallest absolute Gasteiger partial charge is 0.263 e. The molecular formula is C10H9BrN4O. The number of hydrogen-bond acceptors (Lipinski definition) is 5. The van der Waals surface area contributed by atoms with Crippen LogP contribution in [0.4, 0.5) is 5.82 Å². The molecule has 2 heterocycles. The Kier molecular flexibility index (Phi) is 3.00. The van der Waals surface area contributed by atoms with Crippen LogP contribution >= 0.6 is 15.9 Å². The number of aromatic nitrogens is 3. The first-order valence-electron chi connectivity index (χ1n) is 4.54. The maximum atomic E-state index is 5.65. The van der Waals surface area contributed by atoms with E-state index in [2.05, 4.69) is 30.9 Å². The second-order valence-electron chi connectivity index (χ2n) is 3.07. The molecule has 0 fully saturated rings. The second-order valence-corrected chi connectivity index (χ2v) is 3.88. The highest BCUT2D eigenvalue weighted by molar-refractivity contribution is 9.10.